The molecule has 1 rings (SSSR count). The average Bonchev–Trinajstić information content (AvgIpc) is 2.28. The molecule has 0 aromatic heterocycles. The second-order valence-electron chi connectivity index (χ2n) is 4.24. The Morgan fingerprint density at radius 1 is 1.56 bits per heavy atom. The first kappa shape index (κ1) is 15.1. The topological polar surface area (TPSA) is 49.8 Å². The van der Waals surface area contributed by atoms with Gasteiger partial charge >= 0.3 is 0 Å². The number of ether oxygens (including phenoxy) is 1. The van der Waals surface area contributed by atoms with Gasteiger partial charge in [0.25, 0.3) is 0 Å². The maximum absolute atomic E-state index is 11.9. The van der Waals surface area contributed by atoms with Crippen molar-refractivity contribution in [2.75, 3.05) is 33.9 Å². The lowest BCUT2D eigenvalue weighted by molar-refractivity contribution is 0.0427. The largest absolute Gasteiger partial charge is 0.389 e. The zero-order valence-electron chi connectivity index (χ0n) is 10.6. The lowest BCUT2D eigenvalue weighted by atomic mass is 10.1. The summed E-state index contributed by atoms with van der Waals surface area (Å²) < 4.78 is 4.83. The maximum Gasteiger partial charge on any atom is 0.176 e. The van der Waals surface area contributed by atoms with E-state index in [1.54, 1.807) is 36.2 Å². The van der Waals surface area contributed by atoms with Crippen LogP contribution in [-0.2, 0) is 4.74 Å². The van der Waals surface area contributed by atoms with Gasteiger partial charge in [0.1, 0.15) is 0 Å². The Bertz CT molecular complexity index is 398. The zero-order chi connectivity index (χ0) is 13.5. The molecular weight excluding hydrogens is 254 g/mol. The molecule has 100 valence electrons. The Morgan fingerprint density at radius 2 is 2.28 bits per heavy atom. The molecule has 0 radical (unpaired) electrons. The molecule has 0 bridgehead atoms. The van der Waals surface area contributed by atoms with Crippen molar-refractivity contribution < 1.29 is 14.6 Å². The number of hydrogen-bond donors (Lipinski definition) is 1. The predicted molar refractivity (Wildman–Crippen MR) is 71.2 cm³/mol. The Balaban J connectivity index is 2.49. The van der Waals surface area contributed by atoms with Crippen LogP contribution in [0.1, 0.15) is 10.4 Å². The molecule has 4 nitrogen and oxygen atoms in total. The molecule has 0 spiro atoms. The number of carbonyl (C=O) groups excluding carboxylic acids is 1. The fourth-order valence-electron chi connectivity index (χ4n) is 1.67. The maximum atomic E-state index is 11.9. The lowest BCUT2D eigenvalue weighted by Crippen LogP contribution is -2.35. The van der Waals surface area contributed by atoms with Gasteiger partial charge < -0.3 is 9.84 Å². The fourth-order valence-corrected chi connectivity index (χ4v) is 1.86. The van der Waals surface area contributed by atoms with Crippen LogP contribution in [0.4, 0.5) is 0 Å². The smallest absolute Gasteiger partial charge is 0.176 e. The summed E-state index contributed by atoms with van der Waals surface area (Å²) in [6.45, 7) is 0.886. The van der Waals surface area contributed by atoms with Crippen LogP contribution in [0.2, 0.25) is 5.02 Å². The van der Waals surface area contributed by atoms with E-state index in [4.69, 9.17) is 16.3 Å². The third-order valence-corrected chi connectivity index (χ3v) is 2.68. The van der Waals surface area contributed by atoms with Crippen LogP contribution in [0.3, 0.4) is 0 Å². The van der Waals surface area contributed by atoms with E-state index in [2.05, 4.69) is 0 Å². The Hall–Kier alpha value is -0.940. The molecule has 0 aliphatic heterocycles. The standard InChI is InChI=1S/C13H18ClNO3/c1-15(7-12(16)9-18-2)8-13(17)10-4-3-5-11(14)6-10/h3-6,12,16H,7-9H2,1-2H3. The summed E-state index contributed by atoms with van der Waals surface area (Å²) >= 11 is 5.83. The number of aliphatic hydroxyl groups excluding tert-OH is 1. The minimum absolute atomic E-state index is 0.0235. The summed E-state index contributed by atoms with van der Waals surface area (Å²) in [5.74, 6) is -0.0235. The third-order valence-electron chi connectivity index (χ3n) is 2.44. The summed E-state index contributed by atoms with van der Waals surface area (Å²) in [7, 11) is 3.31. The van der Waals surface area contributed by atoms with Gasteiger partial charge in [-0.2, -0.15) is 0 Å². The number of carbonyl (C=O) groups is 1. The molecule has 0 saturated carbocycles. The van der Waals surface area contributed by atoms with Crippen molar-refractivity contribution in [3.63, 3.8) is 0 Å². The second kappa shape index (κ2) is 7.48. The van der Waals surface area contributed by atoms with Gasteiger partial charge in [-0.15, -0.1) is 0 Å². The number of benzene rings is 1. The van der Waals surface area contributed by atoms with Crippen LogP contribution in [0.15, 0.2) is 24.3 Å². The highest BCUT2D eigenvalue weighted by atomic mass is 35.5. The average molecular weight is 272 g/mol. The molecule has 5 heteroatoms. The van der Waals surface area contributed by atoms with E-state index in [-0.39, 0.29) is 18.9 Å². The Morgan fingerprint density at radius 3 is 2.89 bits per heavy atom. The van der Waals surface area contributed by atoms with E-state index >= 15 is 0 Å². The van der Waals surface area contributed by atoms with E-state index in [0.717, 1.165) is 0 Å². The molecule has 0 amide bonds. The van der Waals surface area contributed by atoms with Gasteiger partial charge in [-0.05, 0) is 19.2 Å². The minimum atomic E-state index is -0.591. The van der Waals surface area contributed by atoms with E-state index < -0.39 is 6.10 Å². The molecule has 0 saturated heterocycles. The van der Waals surface area contributed by atoms with Crippen LogP contribution >= 0.6 is 11.6 Å². The van der Waals surface area contributed by atoms with E-state index in [1.807, 2.05) is 0 Å². The molecule has 18 heavy (non-hydrogen) atoms. The number of halogens is 1. The molecule has 0 aliphatic rings. The molecule has 1 aromatic carbocycles. The number of aliphatic hydroxyl groups is 1. The van der Waals surface area contributed by atoms with Gasteiger partial charge in [-0.3, -0.25) is 9.69 Å². The van der Waals surface area contributed by atoms with Gasteiger partial charge in [0, 0.05) is 24.2 Å². The van der Waals surface area contributed by atoms with Crippen molar-refractivity contribution in [3.8, 4) is 0 Å². The highest BCUT2D eigenvalue weighted by Gasteiger charge is 2.13. The number of Topliss-reactive ketones (excluding diaryl/α,β-unsaturated/α-hetero) is 1. The van der Waals surface area contributed by atoms with Crippen molar-refractivity contribution in [1.29, 1.82) is 0 Å². The molecular formula is C13H18ClNO3. The number of nitrogens with zero attached hydrogens (tertiary/aromatic N) is 1. The first-order valence-corrected chi connectivity index (χ1v) is 6.05. The van der Waals surface area contributed by atoms with Crippen LogP contribution in [-0.4, -0.2) is 55.7 Å². The molecule has 1 unspecified atom stereocenters. The SMILES string of the molecule is COCC(O)CN(C)CC(=O)c1cccc(Cl)c1. The molecule has 1 N–H and O–H groups in total. The molecule has 1 atom stereocenters. The summed E-state index contributed by atoms with van der Waals surface area (Å²) in [5, 5.41) is 10.1. The van der Waals surface area contributed by atoms with Crippen molar-refractivity contribution in [2.45, 2.75) is 6.10 Å². The van der Waals surface area contributed by atoms with Crippen LogP contribution in [0.5, 0.6) is 0 Å². The van der Waals surface area contributed by atoms with Gasteiger partial charge in [-0.25, -0.2) is 0 Å². The first-order valence-electron chi connectivity index (χ1n) is 5.67. The number of ketones is 1. The zero-order valence-corrected chi connectivity index (χ0v) is 11.4. The van der Waals surface area contributed by atoms with Crippen LogP contribution in [0, 0.1) is 0 Å². The van der Waals surface area contributed by atoms with E-state index in [0.29, 0.717) is 17.1 Å². The van der Waals surface area contributed by atoms with Gasteiger partial charge in [0.05, 0.1) is 19.3 Å². The summed E-state index contributed by atoms with van der Waals surface area (Å²) in [6.07, 6.45) is -0.591. The number of rotatable bonds is 7. The van der Waals surface area contributed by atoms with Gasteiger partial charge in [0.2, 0.25) is 0 Å². The monoisotopic (exact) mass is 271 g/mol. The first-order chi connectivity index (χ1) is 8.52. The fraction of sp³-hybridized carbons (Fsp3) is 0.462. The minimum Gasteiger partial charge on any atom is -0.389 e. The van der Waals surface area contributed by atoms with Gasteiger partial charge in [0.15, 0.2) is 5.78 Å². The number of hydrogen-bond acceptors (Lipinski definition) is 4. The van der Waals surface area contributed by atoms with Crippen molar-refractivity contribution >= 4 is 17.4 Å². The Labute approximate surface area is 112 Å². The number of likely N-dealkylation sites (N-methyl/N-ethyl adjacent to an activating group) is 1. The second-order valence-corrected chi connectivity index (χ2v) is 4.68. The van der Waals surface area contributed by atoms with Gasteiger partial charge in [-0.1, -0.05) is 23.7 Å². The third kappa shape index (κ3) is 5.14. The lowest BCUT2D eigenvalue weighted by Gasteiger charge is -2.19. The Kier molecular flexibility index (Phi) is 6.29. The molecule has 0 aliphatic carbocycles. The summed E-state index contributed by atoms with van der Waals surface area (Å²) in [6, 6.07) is 6.84. The van der Waals surface area contributed by atoms with Crippen molar-refractivity contribution in [2.24, 2.45) is 0 Å². The quantitative estimate of drug-likeness (QED) is 0.763. The summed E-state index contributed by atoms with van der Waals surface area (Å²) in [4.78, 5) is 13.7. The molecule has 1 aromatic rings. The van der Waals surface area contributed by atoms with Crippen LogP contribution in [0.25, 0.3) is 0 Å². The number of methoxy groups -OCH3 is 1. The highest BCUT2D eigenvalue weighted by Crippen LogP contribution is 2.11. The molecule has 0 fully saturated rings. The van der Waals surface area contributed by atoms with Crippen molar-refractivity contribution in [3.05, 3.63) is 34.9 Å². The van der Waals surface area contributed by atoms with E-state index in [9.17, 15) is 9.90 Å². The van der Waals surface area contributed by atoms with Crippen LogP contribution < -0.4 is 0 Å². The van der Waals surface area contributed by atoms with E-state index in [1.165, 1.54) is 7.11 Å². The molecule has 0 heterocycles. The highest BCUT2D eigenvalue weighted by molar-refractivity contribution is 6.31. The summed E-state index contributed by atoms with van der Waals surface area (Å²) in [5.41, 5.74) is 0.579. The normalized spacial score (nSPS) is 12.7. The predicted octanol–water partition coefficient (Wildman–Crippen LogP) is 1.46. The van der Waals surface area contributed by atoms with Crippen molar-refractivity contribution in [1.82, 2.24) is 4.90 Å².